The minimum Gasteiger partial charge on any atom is -0.376 e. The van der Waals surface area contributed by atoms with E-state index in [0.29, 0.717) is 12.1 Å². The lowest BCUT2D eigenvalue weighted by Gasteiger charge is -2.34. The average Bonchev–Trinajstić information content (AvgIpc) is 2.36. The first-order chi connectivity index (χ1) is 9.47. The fourth-order valence-electron chi connectivity index (χ4n) is 2.72. The van der Waals surface area contributed by atoms with Crippen molar-refractivity contribution in [1.29, 1.82) is 0 Å². The van der Waals surface area contributed by atoms with Crippen molar-refractivity contribution in [3.63, 3.8) is 0 Å². The van der Waals surface area contributed by atoms with Crippen molar-refractivity contribution in [1.82, 2.24) is 15.1 Å². The second-order valence-electron chi connectivity index (χ2n) is 6.85. The number of hydrogen-bond donors (Lipinski definition) is 1. The van der Waals surface area contributed by atoms with Crippen molar-refractivity contribution in [3.05, 3.63) is 0 Å². The Morgan fingerprint density at radius 3 is 2.70 bits per heavy atom. The second kappa shape index (κ2) is 9.72. The van der Waals surface area contributed by atoms with Gasteiger partial charge < -0.3 is 15.0 Å². The van der Waals surface area contributed by atoms with Crippen LogP contribution in [0.25, 0.3) is 0 Å². The van der Waals surface area contributed by atoms with Gasteiger partial charge in [-0.15, -0.1) is 0 Å². The molecule has 0 saturated carbocycles. The Bertz CT molecular complexity index is 246. The van der Waals surface area contributed by atoms with E-state index in [-0.39, 0.29) is 0 Å². The van der Waals surface area contributed by atoms with Crippen molar-refractivity contribution >= 4 is 0 Å². The van der Waals surface area contributed by atoms with Gasteiger partial charge in [-0.25, -0.2) is 0 Å². The molecule has 1 fully saturated rings. The predicted octanol–water partition coefficient (Wildman–Crippen LogP) is 1.66. The molecule has 20 heavy (non-hydrogen) atoms. The molecule has 1 heterocycles. The summed E-state index contributed by atoms with van der Waals surface area (Å²) in [5.74, 6) is 0.750. The van der Waals surface area contributed by atoms with Gasteiger partial charge >= 0.3 is 0 Å². The summed E-state index contributed by atoms with van der Waals surface area (Å²) in [6.07, 6.45) is 1.53. The fourth-order valence-corrected chi connectivity index (χ4v) is 2.72. The first-order valence-electron chi connectivity index (χ1n) is 8.23. The van der Waals surface area contributed by atoms with Crippen molar-refractivity contribution in [2.75, 3.05) is 52.9 Å². The van der Waals surface area contributed by atoms with E-state index in [1.165, 1.54) is 13.1 Å². The summed E-state index contributed by atoms with van der Waals surface area (Å²) in [4.78, 5) is 5.00. The van der Waals surface area contributed by atoms with Gasteiger partial charge in [0.05, 0.1) is 12.7 Å². The van der Waals surface area contributed by atoms with Crippen molar-refractivity contribution in [3.8, 4) is 0 Å². The molecule has 0 spiro atoms. The summed E-state index contributed by atoms with van der Waals surface area (Å²) in [5, 5.41) is 3.47. The number of likely N-dealkylation sites (N-methyl/N-ethyl adjacent to an activating group) is 1. The van der Waals surface area contributed by atoms with E-state index in [2.05, 4.69) is 49.9 Å². The molecule has 1 unspecified atom stereocenters. The highest BCUT2D eigenvalue weighted by atomic mass is 16.5. The summed E-state index contributed by atoms with van der Waals surface area (Å²) in [6, 6.07) is 0.569. The summed E-state index contributed by atoms with van der Waals surface area (Å²) in [7, 11) is 2.23. The predicted molar refractivity (Wildman–Crippen MR) is 86.3 cm³/mol. The zero-order valence-corrected chi connectivity index (χ0v) is 14.2. The van der Waals surface area contributed by atoms with Crippen molar-refractivity contribution in [2.24, 2.45) is 5.92 Å². The van der Waals surface area contributed by atoms with Gasteiger partial charge in [-0.1, -0.05) is 27.7 Å². The highest BCUT2D eigenvalue weighted by molar-refractivity contribution is 4.73. The van der Waals surface area contributed by atoms with Crippen LogP contribution in [0.3, 0.4) is 0 Å². The first-order valence-corrected chi connectivity index (χ1v) is 8.23. The van der Waals surface area contributed by atoms with Gasteiger partial charge in [-0.05, 0) is 25.9 Å². The van der Waals surface area contributed by atoms with Crippen LogP contribution in [0, 0.1) is 5.92 Å². The van der Waals surface area contributed by atoms with Crippen molar-refractivity contribution < 1.29 is 4.74 Å². The molecule has 0 radical (unpaired) electrons. The maximum atomic E-state index is 5.87. The Labute approximate surface area is 125 Å². The minimum absolute atomic E-state index is 0.408. The van der Waals surface area contributed by atoms with Gasteiger partial charge in [-0.3, -0.25) is 4.90 Å². The van der Waals surface area contributed by atoms with Crippen LogP contribution < -0.4 is 5.32 Å². The number of hydrogen-bond acceptors (Lipinski definition) is 4. The first kappa shape index (κ1) is 17.9. The lowest BCUT2D eigenvalue weighted by Crippen LogP contribution is -2.46. The smallest absolute Gasteiger partial charge is 0.0714 e. The van der Waals surface area contributed by atoms with E-state index in [4.69, 9.17) is 4.74 Å². The lowest BCUT2D eigenvalue weighted by molar-refractivity contribution is -0.0334. The standard InChI is InChI=1S/C16H35N3O/c1-14(2)12-18(5)8-9-19-10-11-20-16(13-19)6-7-17-15(3)4/h14-17H,6-13H2,1-5H3. The summed E-state index contributed by atoms with van der Waals surface area (Å²) >= 11 is 0. The Morgan fingerprint density at radius 1 is 1.30 bits per heavy atom. The summed E-state index contributed by atoms with van der Waals surface area (Å²) in [6.45, 7) is 16.6. The molecule has 0 aromatic rings. The van der Waals surface area contributed by atoms with Gasteiger partial charge in [0.2, 0.25) is 0 Å². The number of morpholine rings is 1. The van der Waals surface area contributed by atoms with E-state index >= 15 is 0 Å². The maximum Gasteiger partial charge on any atom is 0.0714 e. The van der Waals surface area contributed by atoms with E-state index in [9.17, 15) is 0 Å². The molecule has 4 heteroatoms. The number of nitrogens with one attached hydrogen (secondary N) is 1. The molecule has 1 rings (SSSR count). The maximum absolute atomic E-state index is 5.87. The van der Waals surface area contributed by atoms with Crippen LogP contribution in [0.1, 0.15) is 34.1 Å². The van der Waals surface area contributed by atoms with Gasteiger partial charge in [0.25, 0.3) is 0 Å². The van der Waals surface area contributed by atoms with Gasteiger partial charge in [0.15, 0.2) is 0 Å². The highest BCUT2D eigenvalue weighted by Gasteiger charge is 2.20. The third-order valence-corrected chi connectivity index (χ3v) is 3.72. The molecule has 0 aliphatic carbocycles. The van der Waals surface area contributed by atoms with E-state index in [0.717, 1.165) is 45.1 Å². The Morgan fingerprint density at radius 2 is 2.05 bits per heavy atom. The van der Waals surface area contributed by atoms with Gasteiger partial charge in [0, 0.05) is 38.8 Å². The average molecular weight is 285 g/mol. The van der Waals surface area contributed by atoms with Crippen LogP contribution in [0.5, 0.6) is 0 Å². The van der Waals surface area contributed by atoms with E-state index in [1.54, 1.807) is 0 Å². The third kappa shape index (κ3) is 8.20. The van der Waals surface area contributed by atoms with Crippen LogP contribution in [-0.2, 0) is 4.74 Å². The number of ether oxygens (including phenoxy) is 1. The Hall–Kier alpha value is -0.160. The Kier molecular flexibility index (Phi) is 8.69. The molecular formula is C16H35N3O. The number of rotatable bonds is 9. The largest absolute Gasteiger partial charge is 0.376 e. The fraction of sp³-hybridized carbons (Fsp3) is 1.00. The zero-order valence-electron chi connectivity index (χ0n) is 14.2. The van der Waals surface area contributed by atoms with E-state index < -0.39 is 0 Å². The molecule has 120 valence electrons. The molecule has 0 aromatic carbocycles. The molecule has 1 saturated heterocycles. The van der Waals surface area contributed by atoms with Crippen LogP contribution in [-0.4, -0.2) is 74.9 Å². The zero-order chi connectivity index (χ0) is 15.0. The minimum atomic E-state index is 0.408. The lowest BCUT2D eigenvalue weighted by atomic mass is 10.2. The third-order valence-electron chi connectivity index (χ3n) is 3.72. The van der Waals surface area contributed by atoms with Crippen molar-refractivity contribution in [2.45, 2.75) is 46.3 Å². The summed E-state index contributed by atoms with van der Waals surface area (Å²) in [5.41, 5.74) is 0. The molecular weight excluding hydrogens is 250 g/mol. The van der Waals surface area contributed by atoms with Gasteiger partial charge in [0.1, 0.15) is 0 Å². The molecule has 4 nitrogen and oxygen atoms in total. The van der Waals surface area contributed by atoms with Crippen LogP contribution in [0.4, 0.5) is 0 Å². The molecule has 0 bridgehead atoms. The second-order valence-corrected chi connectivity index (χ2v) is 6.85. The van der Waals surface area contributed by atoms with Crippen LogP contribution in [0.2, 0.25) is 0 Å². The molecule has 1 N–H and O–H groups in total. The van der Waals surface area contributed by atoms with Crippen LogP contribution in [0.15, 0.2) is 0 Å². The monoisotopic (exact) mass is 285 g/mol. The van der Waals surface area contributed by atoms with Gasteiger partial charge in [-0.2, -0.15) is 0 Å². The molecule has 1 aliphatic rings. The summed E-state index contributed by atoms with van der Waals surface area (Å²) < 4.78 is 5.87. The van der Waals surface area contributed by atoms with Crippen LogP contribution >= 0.6 is 0 Å². The highest BCUT2D eigenvalue weighted by Crippen LogP contribution is 2.08. The normalized spacial score (nSPS) is 21.3. The van der Waals surface area contributed by atoms with E-state index in [1.807, 2.05) is 0 Å². The molecule has 0 amide bonds. The Balaban J connectivity index is 2.16. The molecule has 0 aromatic heterocycles. The topological polar surface area (TPSA) is 27.7 Å². The quantitative estimate of drug-likeness (QED) is 0.697. The number of nitrogens with zero attached hydrogens (tertiary/aromatic N) is 2. The molecule has 1 atom stereocenters. The molecule has 1 aliphatic heterocycles. The SMILES string of the molecule is CC(C)CN(C)CCN1CCOC(CCNC(C)C)C1.